The number of aromatic nitrogens is 1. The summed E-state index contributed by atoms with van der Waals surface area (Å²) in [6.45, 7) is 6.52. The van der Waals surface area contributed by atoms with Crippen LogP contribution in [0.25, 0.3) is 10.9 Å². The summed E-state index contributed by atoms with van der Waals surface area (Å²) in [5, 5.41) is 7.18. The highest BCUT2D eigenvalue weighted by Gasteiger charge is 2.52. The molecular formula is C28H40FN5O2. The van der Waals surface area contributed by atoms with Gasteiger partial charge in [-0.25, -0.2) is 4.39 Å². The van der Waals surface area contributed by atoms with Gasteiger partial charge in [0.25, 0.3) is 0 Å². The first-order valence-corrected chi connectivity index (χ1v) is 13.7. The van der Waals surface area contributed by atoms with E-state index >= 15 is 0 Å². The number of carbonyl (C=O) groups is 2. The maximum absolute atomic E-state index is 14.3. The van der Waals surface area contributed by atoms with Crippen LogP contribution < -0.4 is 10.6 Å². The van der Waals surface area contributed by atoms with Crippen molar-refractivity contribution in [2.24, 2.45) is 5.92 Å². The highest BCUT2D eigenvalue weighted by Crippen LogP contribution is 2.43. The van der Waals surface area contributed by atoms with E-state index in [1.807, 2.05) is 19.2 Å². The van der Waals surface area contributed by atoms with Gasteiger partial charge in [-0.1, -0.05) is 26.2 Å². The van der Waals surface area contributed by atoms with Gasteiger partial charge in [-0.05, 0) is 69.5 Å². The molecule has 3 heterocycles. The van der Waals surface area contributed by atoms with Gasteiger partial charge < -0.3 is 20.5 Å². The zero-order valence-corrected chi connectivity index (χ0v) is 21.7. The molecule has 1 aromatic heterocycles. The predicted octanol–water partition coefficient (Wildman–Crippen LogP) is 3.37. The third-order valence-corrected chi connectivity index (χ3v) is 9.01. The van der Waals surface area contributed by atoms with Crippen molar-refractivity contribution >= 4 is 22.7 Å². The van der Waals surface area contributed by atoms with Crippen molar-refractivity contribution in [1.29, 1.82) is 0 Å². The van der Waals surface area contributed by atoms with Crippen LogP contribution in [0.2, 0.25) is 0 Å². The Morgan fingerprint density at radius 1 is 1.19 bits per heavy atom. The van der Waals surface area contributed by atoms with Crippen LogP contribution in [0.15, 0.2) is 24.4 Å². The van der Waals surface area contributed by atoms with Crippen LogP contribution >= 0.6 is 0 Å². The van der Waals surface area contributed by atoms with Gasteiger partial charge in [-0.15, -0.1) is 0 Å². The number of aromatic amines is 1. The third kappa shape index (κ3) is 4.54. The number of hydrogen-bond acceptors (Lipinski definition) is 4. The molecule has 196 valence electrons. The molecule has 5 atom stereocenters. The minimum atomic E-state index is -0.485. The fourth-order valence-corrected chi connectivity index (χ4v) is 6.95. The van der Waals surface area contributed by atoms with Gasteiger partial charge in [0.15, 0.2) is 0 Å². The smallest absolute Gasteiger partial charge is 0.245 e. The molecule has 0 spiro atoms. The van der Waals surface area contributed by atoms with Crippen molar-refractivity contribution in [3.05, 3.63) is 35.8 Å². The minimum absolute atomic E-state index is 0.0474. The van der Waals surface area contributed by atoms with Gasteiger partial charge in [0.05, 0.1) is 12.1 Å². The van der Waals surface area contributed by atoms with Gasteiger partial charge in [-0.2, -0.15) is 0 Å². The van der Waals surface area contributed by atoms with Crippen LogP contribution in [-0.4, -0.2) is 77.4 Å². The summed E-state index contributed by atoms with van der Waals surface area (Å²) in [5.74, 6) is 0.0137. The molecule has 3 fully saturated rings. The number of hydrogen-bond donors (Lipinski definition) is 3. The predicted molar refractivity (Wildman–Crippen MR) is 139 cm³/mol. The molecule has 2 aliphatic heterocycles. The Bertz CT molecular complexity index is 1100. The SMILES string of the molecule is CCN1C[C@H](c2c[nH]c3cc(F)ccc23)[C@@H]2[C@H]1CCN2C(=O)[C@@H](NC(=O)[C@H](C)NC)C1CCCCC1. The zero-order valence-electron chi connectivity index (χ0n) is 21.7. The molecule has 1 saturated carbocycles. The second kappa shape index (κ2) is 10.5. The van der Waals surface area contributed by atoms with Crippen LogP contribution in [-0.2, 0) is 9.59 Å². The van der Waals surface area contributed by atoms with E-state index in [0.717, 1.165) is 61.7 Å². The largest absolute Gasteiger partial charge is 0.361 e. The van der Waals surface area contributed by atoms with E-state index < -0.39 is 6.04 Å². The lowest BCUT2D eigenvalue weighted by Gasteiger charge is -2.36. The highest BCUT2D eigenvalue weighted by atomic mass is 19.1. The molecule has 36 heavy (non-hydrogen) atoms. The molecule has 2 aromatic rings. The number of nitrogens with zero attached hydrogens (tertiary/aromatic N) is 2. The van der Waals surface area contributed by atoms with Gasteiger partial charge in [0, 0.05) is 42.1 Å². The van der Waals surface area contributed by atoms with E-state index in [1.54, 1.807) is 7.05 Å². The van der Waals surface area contributed by atoms with Crippen LogP contribution in [0.1, 0.15) is 63.9 Å². The molecule has 1 aliphatic carbocycles. The molecule has 8 heteroatoms. The van der Waals surface area contributed by atoms with Gasteiger partial charge in [-0.3, -0.25) is 14.5 Å². The molecule has 3 aliphatic rings. The Morgan fingerprint density at radius 3 is 2.69 bits per heavy atom. The van der Waals surface area contributed by atoms with Crippen molar-refractivity contribution in [3.63, 3.8) is 0 Å². The molecule has 0 unspecified atom stereocenters. The molecule has 0 bridgehead atoms. The molecule has 7 nitrogen and oxygen atoms in total. The average molecular weight is 498 g/mol. The summed E-state index contributed by atoms with van der Waals surface area (Å²) in [7, 11) is 1.77. The Hall–Kier alpha value is -2.45. The van der Waals surface area contributed by atoms with Gasteiger partial charge in [0.2, 0.25) is 11.8 Å². The van der Waals surface area contributed by atoms with Crippen LogP contribution in [0.4, 0.5) is 4.39 Å². The second-order valence-electron chi connectivity index (χ2n) is 10.9. The maximum atomic E-state index is 14.3. The number of benzene rings is 1. The van der Waals surface area contributed by atoms with E-state index in [4.69, 9.17) is 0 Å². The van der Waals surface area contributed by atoms with Crippen molar-refractivity contribution in [1.82, 2.24) is 25.4 Å². The monoisotopic (exact) mass is 497 g/mol. The van der Waals surface area contributed by atoms with E-state index in [0.29, 0.717) is 12.6 Å². The fourth-order valence-electron chi connectivity index (χ4n) is 6.95. The molecule has 1 aromatic carbocycles. The van der Waals surface area contributed by atoms with Crippen LogP contribution in [0, 0.1) is 11.7 Å². The number of amides is 2. The summed E-state index contributed by atoms with van der Waals surface area (Å²) < 4.78 is 13.9. The Labute approximate surface area is 213 Å². The lowest BCUT2D eigenvalue weighted by molar-refractivity contribution is -0.139. The summed E-state index contributed by atoms with van der Waals surface area (Å²) in [5.41, 5.74) is 1.94. The molecule has 3 N–H and O–H groups in total. The van der Waals surface area contributed by atoms with E-state index in [1.165, 1.54) is 18.6 Å². The maximum Gasteiger partial charge on any atom is 0.245 e. The topological polar surface area (TPSA) is 80.5 Å². The molecule has 2 saturated heterocycles. The summed E-state index contributed by atoms with van der Waals surface area (Å²) in [6, 6.07) is 4.42. The minimum Gasteiger partial charge on any atom is -0.361 e. The van der Waals surface area contributed by atoms with Crippen molar-refractivity contribution in [2.75, 3.05) is 26.7 Å². The van der Waals surface area contributed by atoms with Crippen molar-refractivity contribution in [2.45, 2.75) is 82.5 Å². The fraction of sp³-hybridized carbons (Fsp3) is 0.643. The first-order valence-electron chi connectivity index (χ1n) is 13.7. The number of likely N-dealkylation sites (tertiary alicyclic amines) is 2. The van der Waals surface area contributed by atoms with Crippen molar-refractivity contribution in [3.8, 4) is 0 Å². The average Bonchev–Trinajstić information content (AvgIpc) is 3.60. The van der Waals surface area contributed by atoms with Gasteiger partial charge >= 0.3 is 0 Å². The van der Waals surface area contributed by atoms with E-state index in [9.17, 15) is 14.0 Å². The molecule has 5 rings (SSSR count). The number of nitrogens with one attached hydrogen (secondary N) is 3. The molecule has 0 radical (unpaired) electrons. The Balaban J connectivity index is 1.46. The number of rotatable bonds is 7. The van der Waals surface area contributed by atoms with Crippen LogP contribution in [0.5, 0.6) is 0 Å². The molecule has 2 amide bonds. The highest BCUT2D eigenvalue weighted by molar-refractivity contribution is 5.90. The van der Waals surface area contributed by atoms with Crippen LogP contribution in [0.3, 0.4) is 0 Å². The summed E-state index contributed by atoms with van der Waals surface area (Å²) in [4.78, 5) is 35.0. The third-order valence-electron chi connectivity index (χ3n) is 9.01. The normalized spacial score (nSPS) is 26.8. The summed E-state index contributed by atoms with van der Waals surface area (Å²) >= 11 is 0. The van der Waals surface area contributed by atoms with E-state index in [-0.39, 0.29) is 41.6 Å². The second-order valence-corrected chi connectivity index (χ2v) is 10.9. The lowest BCUT2D eigenvalue weighted by Crippen LogP contribution is -2.57. The standard InChI is InChI=1S/C28H40FN5O2/c1-4-33-16-22(21-15-31-23-14-19(29)10-11-20(21)23)26-24(33)12-13-34(26)28(36)25(18-8-6-5-7-9-18)32-27(35)17(2)30-3/h10-11,14-15,17-18,22,24-26,30-31H,4-9,12-13,16H2,1-3H3,(H,32,35)/t17-,22+,24+,25-,26+/m0/s1. The Kier molecular flexibility index (Phi) is 7.35. The number of halogens is 1. The number of H-pyrrole nitrogens is 1. The summed E-state index contributed by atoms with van der Waals surface area (Å²) in [6.07, 6.45) is 8.31. The first kappa shape index (κ1) is 25.2. The number of likely N-dealkylation sites (N-methyl/N-ethyl adjacent to an activating group) is 2. The van der Waals surface area contributed by atoms with E-state index in [2.05, 4.69) is 32.3 Å². The van der Waals surface area contributed by atoms with Gasteiger partial charge in [0.1, 0.15) is 11.9 Å². The zero-order chi connectivity index (χ0) is 25.4. The van der Waals surface area contributed by atoms with Crippen molar-refractivity contribution < 1.29 is 14.0 Å². The number of fused-ring (bicyclic) bond motifs is 2. The molecular weight excluding hydrogens is 457 g/mol. The Morgan fingerprint density at radius 2 is 1.97 bits per heavy atom. The number of carbonyl (C=O) groups excluding carboxylic acids is 2. The lowest BCUT2D eigenvalue weighted by atomic mass is 9.82. The first-order chi connectivity index (χ1) is 17.4. The quantitative estimate of drug-likeness (QED) is 0.548.